The van der Waals surface area contributed by atoms with E-state index in [4.69, 9.17) is 43.4 Å². The van der Waals surface area contributed by atoms with E-state index in [1.807, 2.05) is 54.7 Å². The van der Waals surface area contributed by atoms with Gasteiger partial charge in [-0.2, -0.15) is 0 Å². The van der Waals surface area contributed by atoms with Crippen molar-refractivity contribution < 1.29 is 28.4 Å². The lowest BCUT2D eigenvalue weighted by Crippen LogP contribution is -2.31. The minimum absolute atomic E-state index is 0.433. The van der Waals surface area contributed by atoms with E-state index < -0.39 is 0 Å². The van der Waals surface area contributed by atoms with E-state index in [1.54, 1.807) is 11.3 Å². The van der Waals surface area contributed by atoms with Gasteiger partial charge in [-0.1, -0.05) is 54.6 Å². The molecule has 10 nitrogen and oxygen atoms in total. The molecule has 0 amide bonds. The number of fused-ring (bicyclic) bond motifs is 5. The van der Waals surface area contributed by atoms with Crippen LogP contribution in [0, 0.1) is 0 Å². The number of hydrogen-bond donors (Lipinski definition) is 0. The number of benzene rings is 5. The van der Waals surface area contributed by atoms with Gasteiger partial charge in [0, 0.05) is 67.9 Å². The summed E-state index contributed by atoms with van der Waals surface area (Å²) in [6.45, 7) is 6.13. The van der Waals surface area contributed by atoms with Crippen LogP contribution >= 0.6 is 11.3 Å². The topological polar surface area (TPSA) is 97.3 Å². The molecule has 9 aromatic rings. The van der Waals surface area contributed by atoms with Crippen LogP contribution in [0.1, 0.15) is 0 Å². The van der Waals surface area contributed by atoms with E-state index in [0.717, 1.165) is 72.8 Å². The van der Waals surface area contributed by atoms with Gasteiger partial charge in [0.25, 0.3) is 0 Å². The first-order valence-corrected chi connectivity index (χ1v) is 22.6. The predicted molar refractivity (Wildman–Crippen MR) is 257 cm³/mol. The van der Waals surface area contributed by atoms with Gasteiger partial charge in [0.2, 0.25) is 0 Å². The van der Waals surface area contributed by atoms with Gasteiger partial charge < -0.3 is 33.3 Å². The summed E-state index contributed by atoms with van der Waals surface area (Å²) in [5.74, 6) is 1.55. The molecule has 0 atom stereocenters. The van der Waals surface area contributed by atoms with E-state index in [2.05, 4.69) is 95.9 Å². The van der Waals surface area contributed by atoms with E-state index in [-0.39, 0.29) is 0 Å². The summed E-state index contributed by atoms with van der Waals surface area (Å²) in [4.78, 5) is 17.4. The molecule has 5 aromatic carbocycles. The first kappa shape index (κ1) is 41.5. The Labute approximate surface area is 376 Å². The molecule has 8 bridgehead atoms. The summed E-state index contributed by atoms with van der Waals surface area (Å²) in [7, 11) is 0. The fraction of sp³-hybridized carbons (Fsp3) is 0.226. The van der Waals surface area contributed by atoms with Crippen molar-refractivity contribution in [2.24, 2.45) is 0 Å². The maximum atomic E-state index is 6.07. The summed E-state index contributed by atoms with van der Waals surface area (Å²) >= 11 is 1.78. The maximum Gasteiger partial charge on any atom is 0.119 e. The molecular formula is C53H48N4O6S. The van der Waals surface area contributed by atoms with E-state index in [9.17, 15) is 0 Å². The van der Waals surface area contributed by atoms with Crippen molar-refractivity contribution in [2.75, 3.05) is 84.1 Å². The SMILES string of the molecule is c1cc(-c2cc3c(cn2)sc2ccccc23)cc(N2CCOCCOCCOc3ccc(cc3)-c3ccc4ccc5ccc(nc5c4n3)-c3ccc(cc3)OCCOCCOCC2)c1. The van der Waals surface area contributed by atoms with Gasteiger partial charge in [-0.15, -0.1) is 11.3 Å². The Kier molecular flexibility index (Phi) is 12.9. The van der Waals surface area contributed by atoms with E-state index in [1.165, 1.54) is 20.2 Å². The zero-order chi connectivity index (χ0) is 42.9. The van der Waals surface area contributed by atoms with Crippen LogP contribution in [0.15, 0.2) is 146 Å². The van der Waals surface area contributed by atoms with Gasteiger partial charge >= 0.3 is 0 Å². The highest BCUT2D eigenvalue weighted by Gasteiger charge is 2.13. The number of hydrogen-bond acceptors (Lipinski definition) is 11. The minimum Gasteiger partial charge on any atom is -0.491 e. The Balaban J connectivity index is 0.811. The number of aromatic nitrogens is 3. The zero-order valence-corrected chi connectivity index (χ0v) is 36.3. The fourth-order valence-corrected chi connectivity index (χ4v) is 9.04. The van der Waals surface area contributed by atoms with E-state index >= 15 is 0 Å². The molecule has 0 aliphatic carbocycles. The molecule has 0 saturated heterocycles. The normalized spacial score (nSPS) is 15.3. The van der Waals surface area contributed by atoms with Crippen molar-refractivity contribution in [3.8, 4) is 45.3 Å². The van der Waals surface area contributed by atoms with E-state index in [0.29, 0.717) is 79.2 Å². The highest BCUT2D eigenvalue weighted by molar-refractivity contribution is 7.25. The molecular weight excluding hydrogens is 821 g/mol. The number of anilines is 1. The van der Waals surface area contributed by atoms with Crippen LogP contribution in [0.2, 0.25) is 0 Å². The molecule has 322 valence electrons. The van der Waals surface area contributed by atoms with Crippen molar-refractivity contribution in [3.63, 3.8) is 0 Å². The Bertz CT molecular complexity index is 2870. The van der Waals surface area contributed by atoms with Crippen LogP contribution in [0.3, 0.4) is 0 Å². The van der Waals surface area contributed by atoms with Crippen LogP contribution in [0.5, 0.6) is 11.5 Å². The second kappa shape index (κ2) is 19.9. The van der Waals surface area contributed by atoms with Crippen molar-refractivity contribution >= 4 is 59.0 Å². The van der Waals surface area contributed by atoms with Gasteiger partial charge in [0.05, 0.1) is 85.7 Å². The third-order valence-corrected chi connectivity index (χ3v) is 12.5. The van der Waals surface area contributed by atoms with Crippen LogP contribution < -0.4 is 14.4 Å². The molecule has 0 unspecified atom stereocenters. The first-order valence-electron chi connectivity index (χ1n) is 21.8. The van der Waals surface area contributed by atoms with Crippen molar-refractivity contribution in [1.29, 1.82) is 0 Å². The van der Waals surface area contributed by atoms with Crippen LogP contribution in [0.4, 0.5) is 5.69 Å². The lowest BCUT2D eigenvalue weighted by atomic mass is 10.1. The smallest absolute Gasteiger partial charge is 0.119 e. The fourth-order valence-electron chi connectivity index (χ4n) is 7.98. The summed E-state index contributed by atoms with van der Waals surface area (Å²) < 4.78 is 38.3. The third-order valence-electron chi connectivity index (χ3n) is 11.3. The lowest BCUT2D eigenvalue weighted by Gasteiger charge is -2.25. The molecule has 3 aliphatic heterocycles. The lowest BCUT2D eigenvalue weighted by molar-refractivity contribution is 0.0347. The maximum absolute atomic E-state index is 6.07. The number of thiophene rings is 1. The standard InChI is InChI=1S/C53H48N4O6S/c1-2-7-50-45(6-1)46-35-49(54-36-51(46)64-50)41-4-3-5-42(34-41)57-22-24-58-26-28-60-30-32-62-43-16-10-37(11-17-43)47-20-14-39-8-9-40-15-21-48(56-53(40)52(39)55-47)38-12-18-44(19-13-38)63-33-31-61-29-27-59-25-23-57/h1-21,34-36H,22-33H2. The van der Waals surface area contributed by atoms with Gasteiger partial charge in [0.1, 0.15) is 24.7 Å². The molecule has 0 spiro atoms. The second-order valence-electron chi connectivity index (χ2n) is 15.5. The Morgan fingerprint density at radius 1 is 0.422 bits per heavy atom. The van der Waals surface area contributed by atoms with Crippen molar-refractivity contribution in [2.45, 2.75) is 0 Å². The molecule has 0 saturated carbocycles. The molecule has 0 fully saturated rings. The Morgan fingerprint density at radius 2 is 0.969 bits per heavy atom. The number of ether oxygens (including phenoxy) is 6. The Morgan fingerprint density at radius 3 is 1.58 bits per heavy atom. The summed E-state index contributed by atoms with van der Waals surface area (Å²) in [5, 5.41) is 4.57. The second-order valence-corrected chi connectivity index (χ2v) is 16.6. The van der Waals surface area contributed by atoms with Gasteiger partial charge in [-0.3, -0.25) is 4.98 Å². The zero-order valence-electron chi connectivity index (χ0n) is 35.5. The average molecular weight is 869 g/mol. The average Bonchev–Trinajstić information content (AvgIpc) is 3.72. The third kappa shape index (κ3) is 9.69. The first-order chi connectivity index (χ1) is 31.7. The van der Waals surface area contributed by atoms with Crippen LogP contribution in [0.25, 0.3) is 75.8 Å². The molecule has 0 radical (unpaired) electrons. The predicted octanol–water partition coefficient (Wildman–Crippen LogP) is 10.9. The number of rotatable bonds is 2. The number of nitrogens with zero attached hydrogens (tertiary/aromatic N) is 4. The molecule has 11 heteroatoms. The molecule has 0 N–H and O–H groups in total. The summed E-state index contributed by atoms with van der Waals surface area (Å²) in [6.07, 6.45) is 1.99. The minimum atomic E-state index is 0.433. The monoisotopic (exact) mass is 868 g/mol. The highest BCUT2D eigenvalue weighted by Crippen LogP contribution is 2.36. The van der Waals surface area contributed by atoms with Gasteiger partial charge in [-0.05, 0) is 84.9 Å². The Hall–Kier alpha value is -6.47. The van der Waals surface area contributed by atoms with Gasteiger partial charge in [0.15, 0.2) is 0 Å². The van der Waals surface area contributed by atoms with Crippen LogP contribution in [-0.4, -0.2) is 94.1 Å². The van der Waals surface area contributed by atoms with Gasteiger partial charge in [-0.25, -0.2) is 9.97 Å². The summed E-state index contributed by atoms with van der Waals surface area (Å²) in [5.41, 5.74) is 8.56. The molecule has 4 aromatic heterocycles. The highest BCUT2D eigenvalue weighted by atomic mass is 32.1. The molecule has 7 heterocycles. The number of pyridine rings is 3. The van der Waals surface area contributed by atoms with Crippen molar-refractivity contribution in [1.82, 2.24) is 15.0 Å². The van der Waals surface area contributed by atoms with Crippen molar-refractivity contribution in [3.05, 3.63) is 146 Å². The molecule has 3 aliphatic rings. The quantitative estimate of drug-likeness (QED) is 0.156. The largest absolute Gasteiger partial charge is 0.491 e. The summed E-state index contributed by atoms with van der Waals surface area (Å²) in [6, 6.07) is 47.9. The molecule has 12 rings (SSSR count). The van der Waals surface area contributed by atoms with Crippen LogP contribution in [-0.2, 0) is 18.9 Å². The molecule has 64 heavy (non-hydrogen) atoms.